The summed E-state index contributed by atoms with van der Waals surface area (Å²) >= 11 is 11.5. The molecule has 3 rings (SSSR count). The summed E-state index contributed by atoms with van der Waals surface area (Å²) in [6, 6.07) is 13.3. The van der Waals surface area contributed by atoms with Crippen LogP contribution in [0.15, 0.2) is 48.5 Å². The molecule has 0 fully saturated rings. The number of aromatic nitrogens is 1. The van der Waals surface area contributed by atoms with Gasteiger partial charge in [-0.3, -0.25) is 20.4 Å². The van der Waals surface area contributed by atoms with E-state index in [0.29, 0.717) is 11.3 Å². The minimum Gasteiger partial charge on any atom is -0.318 e. The van der Waals surface area contributed by atoms with Crippen LogP contribution in [0, 0.1) is 19.7 Å². The second-order valence-corrected chi connectivity index (χ2v) is 6.92. The van der Waals surface area contributed by atoms with Gasteiger partial charge in [0, 0.05) is 17.1 Å². The van der Waals surface area contributed by atoms with E-state index < -0.39 is 17.6 Å². The van der Waals surface area contributed by atoms with Crippen molar-refractivity contribution in [3.05, 3.63) is 86.9 Å². The molecule has 0 atom stereocenters. The number of amides is 2. The van der Waals surface area contributed by atoms with Crippen LogP contribution in [-0.4, -0.2) is 16.4 Å². The van der Waals surface area contributed by atoms with Gasteiger partial charge in [-0.15, -0.1) is 0 Å². The van der Waals surface area contributed by atoms with Gasteiger partial charge in [-0.2, -0.15) is 0 Å². The van der Waals surface area contributed by atoms with E-state index in [1.807, 2.05) is 48.7 Å². The normalized spacial score (nSPS) is 10.6. The highest BCUT2D eigenvalue weighted by Gasteiger charge is 2.19. The number of hydrogen-bond donors (Lipinski definition) is 2. The Morgan fingerprint density at radius 1 is 0.893 bits per heavy atom. The Hall–Kier alpha value is -2.83. The fraction of sp³-hybridized carbons (Fsp3) is 0.100. The molecule has 28 heavy (non-hydrogen) atoms. The number of para-hydroxylation sites is 1. The van der Waals surface area contributed by atoms with Crippen molar-refractivity contribution >= 4 is 35.0 Å². The topological polar surface area (TPSA) is 63.1 Å². The standard InChI is InChI=1S/C20H16Cl2FN3O2/c1-11-8-14(12(2)26(11)13-6-4-3-5-7-13)19(27)24-25-20(28)15-9-18(23)17(22)10-16(15)21/h3-10H,1-2H3,(H,24,27)(H,25,28). The number of carbonyl (C=O) groups excluding carboxylic acids is 2. The average Bonchev–Trinajstić information content (AvgIpc) is 2.97. The van der Waals surface area contributed by atoms with Crippen molar-refractivity contribution in [2.45, 2.75) is 13.8 Å². The van der Waals surface area contributed by atoms with E-state index >= 15 is 0 Å². The first-order chi connectivity index (χ1) is 13.3. The SMILES string of the molecule is Cc1cc(C(=O)NNC(=O)c2cc(F)c(Cl)cc2Cl)c(C)n1-c1ccccc1. The number of halogens is 3. The highest BCUT2D eigenvalue weighted by atomic mass is 35.5. The molecular formula is C20H16Cl2FN3O2. The lowest BCUT2D eigenvalue weighted by molar-refractivity contribution is 0.0846. The van der Waals surface area contributed by atoms with Crippen LogP contribution >= 0.6 is 23.2 Å². The molecule has 0 saturated carbocycles. The van der Waals surface area contributed by atoms with Gasteiger partial charge in [-0.1, -0.05) is 41.4 Å². The zero-order valence-corrected chi connectivity index (χ0v) is 16.5. The Balaban J connectivity index is 1.78. The molecule has 0 aliphatic rings. The van der Waals surface area contributed by atoms with E-state index in [4.69, 9.17) is 23.2 Å². The molecule has 0 spiro atoms. The van der Waals surface area contributed by atoms with Crippen LogP contribution in [-0.2, 0) is 0 Å². The lowest BCUT2D eigenvalue weighted by atomic mass is 10.2. The molecule has 0 saturated heterocycles. The molecule has 0 aliphatic carbocycles. The van der Waals surface area contributed by atoms with Gasteiger partial charge >= 0.3 is 0 Å². The Kier molecular flexibility index (Phi) is 5.72. The summed E-state index contributed by atoms with van der Waals surface area (Å²) in [7, 11) is 0. The van der Waals surface area contributed by atoms with Crippen LogP contribution in [0.25, 0.3) is 5.69 Å². The summed E-state index contributed by atoms with van der Waals surface area (Å²) in [6.45, 7) is 3.69. The maximum Gasteiger partial charge on any atom is 0.271 e. The quantitative estimate of drug-likeness (QED) is 0.480. The van der Waals surface area contributed by atoms with Gasteiger partial charge in [0.1, 0.15) is 5.82 Å². The first-order valence-electron chi connectivity index (χ1n) is 8.29. The highest BCUT2D eigenvalue weighted by Crippen LogP contribution is 2.24. The van der Waals surface area contributed by atoms with Crippen molar-refractivity contribution in [2.24, 2.45) is 0 Å². The van der Waals surface area contributed by atoms with Crippen molar-refractivity contribution in [1.82, 2.24) is 15.4 Å². The maximum atomic E-state index is 13.6. The van der Waals surface area contributed by atoms with Crippen LogP contribution in [0.1, 0.15) is 32.1 Å². The Morgan fingerprint density at radius 2 is 1.50 bits per heavy atom. The van der Waals surface area contributed by atoms with Crippen LogP contribution in [0.2, 0.25) is 10.0 Å². The van der Waals surface area contributed by atoms with Crippen LogP contribution < -0.4 is 10.9 Å². The number of carbonyl (C=O) groups is 2. The zero-order valence-electron chi connectivity index (χ0n) is 15.0. The maximum absolute atomic E-state index is 13.6. The van der Waals surface area contributed by atoms with E-state index in [9.17, 15) is 14.0 Å². The predicted molar refractivity (Wildman–Crippen MR) is 107 cm³/mol. The molecule has 144 valence electrons. The number of rotatable bonds is 3. The second-order valence-electron chi connectivity index (χ2n) is 6.11. The fourth-order valence-electron chi connectivity index (χ4n) is 2.91. The Labute approximate surface area is 171 Å². The third-order valence-electron chi connectivity index (χ3n) is 4.23. The summed E-state index contributed by atoms with van der Waals surface area (Å²) in [5.74, 6) is -2.05. The minimum absolute atomic E-state index is 0.0274. The van der Waals surface area contributed by atoms with E-state index in [0.717, 1.165) is 23.5 Å². The lowest BCUT2D eigenvalue weighted by Gasteiger charge is -2.11. The minimum atomic E-state index is -0.783. The van der Waals surface area contributed by atoms with Gasteiger partial charge in [0.05, 0.1) is 21.2 Å². The van der Waals surface area contributed by atoms with Crippen molar-refractivity contribution in [3.8, 4) is 5.69 Å². The number of nitrogens with zero attached hydrogens (tertiary/aromatic N) is 1. The highest BCUT2D eigenvalue weighted by molar-refractivity contribution is 6.36. The van der Waals surface area contributed by atoms with Crippen molar-refractivity contribution in [2.75, 3.05) is 0 Å². The molecule has 3 aromatic rings. The Bertz CT molecular complexity index is 1070. The molecule has 0 aliphatic heterocycles. The smallest absolute Gasteiger partial charge is 0.271 e. The number of hydrogen-bond acceptors (Lipinski definition) is 2. The van der Waals surface area contributed by atoms with Gasteiger partial charge in [-0.05, 0) is 44.2 Å². The molecule has 0 unspecified atom stereocenters. The summed E-state index contributed by atoms with van der Waals surface area (Å²) in [5, 5.41) is -0.223. The van der Waals surface area contributed by atoms with Crippen molar-refractivity contribution < 1.29 is 14.0 Å². The zero-order chi connectivity index (χ0) is 20.4. The monoisotopic (exact) mass is 419 g/mol. The van der Waals surface area contributed by atoms with Gasteiger partial charge in [-0.25, -0.2) is 4.39 Å². The van der Waals surface area contributed by atoms with Crippen LogP contribution in [0.4, 0.5) is 4.39 Å². The molecule has 0 bridgehead atoms. The number of hydrazine groups is 1. The van der Waals surface area contributed by atoms with Gasteiger partial charge in [0.15, 0.2) is 0 Å². The molecule has 1 heterocycles. The molecule has 2 aromatic carbocycles. The predicted octanol–water partition coefficient (Wildman–Crippen LogP) is 4.61. The summed E-state index contributed by atoms with van der Waals surface area (Å²) in [4.78, 5) is 24.8. The first-order valence-corrected chi connectivity index (χ1v) is 9.04. The number of nitrogens with one attached hydrogen (secondary N) is 2. The average molecular weight is 420 g/mol. The lowest BCUT2D eigenvalue weighted by Crippen LogP contribution is -2.42. The second kappa shape index (κ2) is 8.04. The summed E-state index contributed by atoms with van der Waals surface area (Å²) in [6.07, 6.45) is 0. The molecule has 1 aromatic heterocycles. The molecule has 2 N–H and O–H groups in total. The number of aryl methyl sites for hydroxylation is 1. The summed E-state index contributed by atoms with van der Waals surface area (Å²) < 4.78 is 15.5. The van der Waals surface area contributed by atoms with E-state index in [1.54, 1.807) is 6.07 Å². The van der Waals surface area contributed by atoms with E-state index in [-0.39, 0.29) is 15.6 Å². The van der Waals surface area contributed by atoms with Crippen LogP contribution in [0.3, 0.4) is 0 Å². The van der Waals surface area contributed by atoms with Gasteiger partial charge < -0.3 is 4.57 Å². The van der Waals surface area contributed by atoms with Crippen LogP contribution in [0.5, 0.6) is 0 Å². The van der Waals surface area contributed by atoms with Gasteiger partial charge in [0.2, 0.25) is 0 Å². The van der Waals surface area contributed by atoms with Crippen molar-refractivity contribution in [1.29, 1.82) is 0 Å². The van der Waals surface area contributed by atoms with E-state index in [2.05, 4.69) is 10.9 Å². The molecule has 8 heteroatoms. The largest absolute Gasteiger partial charge is 0.318 e. The number of benzene rings is 2. The molecule has 2 amide bonds. The molecule has 5 nitrogen and oxygen atoms in total. The van der Waals surface area contributed by atoms with Gasteiger partial charge in [0.25, 0.3) is 11.8 Å². The third-order valence-corrected chi connectivity index (χ3v) is 4.84. The molecule has 0 radical (unpaired) electrons. The Morgan fingerprint density at radius 3 is 2.14 bits per heavy atom. The van der Waals surface area contributed by atoms with E-state index in [1.165, 1.54) is 0 Å². The third kappa shape index (κ3) is 3.88. The van der Waals surface area contributed by atoms with Crippen molar-refractivity contribution in [3.63, 3.8) is 0 Å². The first kappa shape index (κ1) is 19.9. The molecular weight excluding hydrogens is 404 g/mol. The fourth-order valence-corrected chi connectivity index (χ4v) is 3.38. The summed E-state index contributed by atoms with van der Waals surface area (Å²) in [5.41, 5.74) is 7.32.